The first-order valence-corrected chi connectivity index (χ1v) is 7.43. The van der Waals surface area contributed by atoms with E-state index >= 15 is 0 Å². The fraction of sp³-hybridized carbons (Fsp3) is 0.0625. The number of nitrogens with zero attached hydrogens (tertiary/aromatic N) is 2. The lowest BCUT2D eigenvalue weighted by Crippen LogP contribution is -2.05. The summed E-state index contributed by atoms with van der Waals surface area (Å²) >= 11 is 3.39. The van der Waals surface area contributed by atoms with Crippen LogP contribution >= 0.6 is 15.9 Å². The summed E-state index contributed by atoms with van der Waals surface area (Å²) < 4.78 is 24.4. The van der Waals surface area contributed by atoms with Crippen molar-refractivity contribution < 1.29 is 18.3 Å². The zero-order valence-electron chi connectivity index (χ0n) is 11.7. The quantitative estimate of drug-likeness (QED) is 0.644. The second kappa shape index (κ2) is 6.70. The van der Waals surface area contributed by atoms with Crippen LogP contribution in [0, 0.1) is 5.82 Å². The van der Waals surface area contributed by atoms with Crippen LogP contribution in [0.4, 0.5) is 4.39 Å². The van der Waals surface area contributed by atoms with E-state index in [0.29, 0.717) is 5.89 Å². The summed E-state index contributed by atoms with van der Waals surface area (Å²) in [5, 5.41) is 7.74. The lowest BCUT2D eigenvalue weighted by molar-refractivity contribution is 0.0438. The first kappa shape index (κ1) is 15.4. The number of hydrogen-bond donors (Lipinski definition) is 0. The molecule has 116 valence electrons. The summed E-state index contributed by atoms with van der Waals surface area (Å²) in [6.07, 6.45) is 0. The second-order valence-corrected chi connectivity index (χ2v) is 5.42. The number of aromatic nitrogens is 2. The molecule has 0 bridgehead atoms. The number of halogens is 2. The van der Waals surface area contributed by atoms with Crippen molar-refractivity contribution in [3.63, 3.8) is 0 Å². The van der Waals surface area contributed by atoms with Gasteiger partial charge >= 0.3 is 5.97 Å². The average Bonchev–Trinajstić information content (AvgIpc) is 3.02. The van der Waals surface area contributed by atoms with Gasteiger partial charge in [-0.05, 0) is 46.3 Å². The van der Waals surface area contributed by atoms with Crippen LogP contribution in [0.3, 0.4) is 0 Å². The van der Waals surface area contributed by atoms with Gasteiger partial charge in [0.15, 0.2) is 6.61 Å². The summed E-state index contributed by atoms with van der Waals surface area (Å²) in [7, 11) is 0. The highest BCUT2D eigenvalue weighted by molar-refractivity contribution is 9.10. The van der Waals surface area contributed by atoms with E-state index in [0.717, 1.165) is 16.1 Å². The maximum atomic E-state index is 13.1. The van der Waals surface area contributed by atoms with Crippen LogP contribution in [-0.4, -0.2) is 16.2 Å². The Labute approximate surface area is 139 Å². The number of ether oxygens (including phenoxy) is 1. The van der Waals surface area contributed by atoms with Crippen LogP contribution in [0.25, 0.3) is 11.5 Å². The van der Waals surface area contributed by atoms with E-state index in [9.17, 15) is 9.18 Å². The van der Waals surface area contributed by atoms with Gasteiger partial charge in [0.1, 0.15) is 5.82 Å². The third-order valence-corrected chi connectivity index (χ3v) is 3.65. The zero-order chi connectivity index (χ0) is 16.2. The minimum absolute atomic E-state index is 0.121. The molecule has 0 saturated carbocycles. The Kier molecular flexibility index (Phi) is 4.47. The van der Waals surface area contributed by atoms with Crippen molar-refractivity contribution in [1.29, 1.82) is 0 Å². The summed E-state index contributed by atoms with van der Waals surface area (Å²) in [5.41, 5.74) is 0.859. The first-order valence-electron chi connectivity index (χ1n) is 6.63. The summed E-state index contributed by atoms with van der Waals surface area (Å²) in [5.74, 6) is -0.701. The largest absolute Gasteiger partial charge is 0.452 e. The molecule has 7 heteroatoms. The highest BCUT2D eigenvalue weighted by Gasteiger charge is 2.14. The molecule has 3 rings (SSSR count). The van der Waals surface area contributed by atoms with Gasteiger partial charge in [0, 0.05) is 4.47 Å². The molecule has 0 amide bonds. The molecule has 0 radical (unpaired) electrons. The van der Waals surface area contributed by atoms with Crippen molar-refractivity contribution >= 4 is 21.9 Å². The van der Waals surface area contributed by atoms with Gasteiger partial charge in [-0.1, -0.05) is 18.2 Å². The van der Waals surface area contributed by atoms with E-state index in [1.54, 1.807) is 0 Å². The molecular weight excluding hydrogens is 367 g/mol. The lowest BCUT2D eigenvalue weighted by atomic mass is 10.2. The predicted molar refractivity (Wildman–Crippen MR) is 83.0 cm³/mol. The van der Waals surface area contributed by atoms with Gasteiger partial charge in [-0.25, -0.2) is 9.18 Å². The third kappa shape index (κ3) is 3.62. The van der Waals surface area contributed by atoms with E-state index in [1.807, 2.05) is 24.3 Å². The highest BCUT2D eigenvalue weighted by Crippen LogP contribution is 2.26. The SMILES string of the molecule is O=C(OCc1nnc(-c2ccccc2Br)o1)c1cccc(F)c1. The molecular formula is C16H10BrFN2O3. The van der Waals surface area contributed by atoms with Gasteiger partial charge in [0.2, 0.25) is 5.89 Å². The fourth-order valence-electron chi connectivity index (χ4n) is 1.88. The van der Waals surface area contributed by atoms with Gasteiger partial charge in [0.25, 0.3) is 5.89 Å². The molecule has 5 nitrogen and oxygen atoms in total. The van der Waals surface area contributed by atoms with Crippen molar-refractivity contribution in [2.45, 2.75) is 6.61 Å². The number of rotatable bonds is 4. The molecule has 1 aromatic heterocycles. The van der Waals surface area contributed by atoms with Gasteiger partial charge in [-0.2, -0.15) is 0 Å². The Morgan fingerprint density at radius 1 is 1.17 bits per heavy atom. The van der Waals surface area contributed by atoms with E-state index in [-0.39, 0.29) is 18.1 Å². The van der Waals surface area contributed by atoms with E-state index in [4.69, 9.17) is 9.15 Å². The van der Waals surface area contributed by atoms with Crippen LogP contribution in [0.15, 0.2) is 57.4 Å². The molecule has 0 saturated heterocycles. The molecule has 0 aliphatic carbocycles. The maximum absolute atomic E-state index is 13.1. The number of carbonyl (C=O) groups excluding carboxylic acids is 1. The monoisotopic (exact) mass is 376 g/mol. The lowest BCUT2D eigenvalue weighted by Gasteiger charge is -2.02. The Balaban J connectivity index is 1.68. The number of hydrogen-bond acceptors (Lipinski definition) is 5. The molecule has 0 atom stereocenters. The van der Waals surface area contributed by atoms with Crippen molar-refractivity contribution in [1.82, 2.24) is 10.2 Å². The smallest absolute Gasteiger partial charge is 0.338 e. The van der Waals surface area contributed by atoms with Gasteiger partial charge in [-0.15, -0.1) is 10.2 Å². The van der Waals surface area contributed by atoms with Crippen LogP contribution in [0.5, 0.6) is 0 Å². The van der Waals surface area contributed by atoms with Crippen molar-refractivity contribution in [2.24, 2.45) is 0 Å². The number of esters is 1. The Morgan fingerprint density at radius 3 is 2.78 bits per heavy atom. The molecule has 0 fully saturated rings. The van der Waals surface area contributed by atoms with E-state index in [1.165, 1.54) is 18.2 Å². The number of carbonyl (C=O) groups is 1. The molecule has 0 N–H and O–H groups in total. The topological polar surface area (TPSA) is 65.2 Å². The molecule has 3 aromatic rings. The molecule has 0 unspecified atom stereocenters. The van der Waals surface area contributed by atoms with Crippen molar-refractivity contribution in [3.8, 4) is 11.5 Å². The Hall–Kier alpha value is -2.54. The van der Waals surface area contributed by atoms with Gasteiger partial charge in [0.05, 0.1) is 11.1 Å². The normalized spacial score (nSPS) is 10.5. The fourth-order valence-corrected chi connectivity index (χ4v) is 2.34. The first-order chi connectivity index (χ1) is 11.1. The van der Waals surface area contributed by atoms with Crippen LogP contribution in [0.2, 0.25) is 0 Å². The standard InChI is InChI=1S/C16H10BrFN2O3/c17-13-7-2-1-6-12(13)15-20-19-14(23-15)9-22-16(21)10-4-3-5-11(18)8-10/h1-8H,9H2. The summed E-state index contributed by atoms with van der Waals surface area (Å²) in [6, 6.07) is 12.6. The molecule has 0 aliphatic rings. The Morgan fingerprint density at radius 2 is 2.00 bits per heavy atom. The van der Waals surface area contributed by atoms with Crippen LogP contribution in [-0.2, 0) is 11.3 Å². The average molecular weight is 377 g/mol. The minimum atomic E-state index is -0.662. The third-order valence-electron chi connectivity index (χ3n) is 2.96. The predicted octanol–water partition coefficient (Wildman–Crippen LogP) is 4.00. The summed E-state index contributed by atoms with van der Waals surface area (Å²) in [4.78, 5) is 11.8. The van der Waals surface area contributed by atoms with Crippen molar-refractivity contribution in [3.05, 3.63) is 70.3 Å². The highest BCUT2D eigenvalue weighted by atomic mass is 79.9. The second-order valence-electron chi connectivity index (χ2n) is 4.57. The van der Waals surface area contributed by atoms with E-state index < -0.39 is 11.8 Å². The summed E-state index contributed by atoms with van der Waals surface area (Å²) in [6.45, 7) is -0.188. The molecule has 0 spiro atoms. The Bertz CT molecular complexity index is 851. The maximum Gasteiger partial charge on any atom is 0.338 e. The molecule has 2 aromatic carbocycles. The molecule has 0 aliphatic heterocycles. The minimum Gasteiger partial charge on any atom is -0.452 e. The van der Waals surface area contributed by atoms with Crippen LogP contribution in [0.1, 0.15) is 16.2 Å². The van der Waals surface area contributed by atoms with Gasteiger partial charge in [-0.3, -0.25) is 0 Å². The molecule has 23 heavy (non-hydrogen) atoms. The zero-order valence-corrected chi connectivity index (χ0v) is 13.3. The molecule has 1 heterocycles. The van der Waals surface area contributed by atoms with Crippen LogP contribution < -0.4 is 0 Å². The van der Waals surface area contributed by atoms with Crippen molar-refractivity contribution in [2.75, 3.05) is 0 Å². The van der Waals surface area contributed by atoms with Gasteiger partial charge < -0.3 is 9.15 Å². The number of benzene rings is 2. The van der Waals surface area contributed by atoms with E-state index in [2.05, 4.69) is 26.1 Å².